The summed E-state index contributed by atoms with van der Waals surface area (Å²) in [6, 6.07) is 2.06. The highest BCUT2D eigenvalue weighted by Gasteiger charge is 2.16. The van der Waals surface area contributed by atoms with Crippen LogP contribution in [0.3, 0.4) is 0 Å². The lowest BCUT2D eigenvalue weighted by atomic mass is 10.2. The zero-order valence-electron chi connectivity index (χ0n) is 9.42. The van der Waals surface area contributed by atoms with E-state index in [0.717, 1.165) is 27.0 Å². The molecule has 0 atom stereocenters. The fourth-order valence-corrected chi connectivity index (χ4v) is 2.76. The number of hydrogen-bond acceptors (Lipinski definition) is 4. The van der Waals surface area contributed by atoms with E-state index in [0.29, 0.717) is 4.88 Å². The standard InChI is InChI=1S/C11H13N3OS/c1-5-4-8-9(13-7(5)3)6(2)10(16-8)11(15)14-12/h4H,12H2,1-3H3,(H,14,15). The van der Waals surface area contributed by atoms with Crippen molar-refractivity contribution in [3.8, 4) is 0 Å². The third kappa shape index (κ3) is 1.58. The SMILES string of the molecule is Cc1cc2sc(C(=O)NN)c(C)c2nc1C. The number of hydrazine groups is 1. The molecule has 84 valence electrons. The first-order valence-electron chi connectivity index (χ1n) is 4.93. The zero-order valence-corrected chi connectivity index (χ0v) is 10.2. The third-order valence-corrected chi connectivity index (χ3v) is 3.90. The predicted molar refractivity (Wildman–Crippen MR) is 65.5 cm³/mol. The third-order valence-electron chi connectivity index (χ3n) is 2.68. The molecule has 0 saturated carbocycles. The highest BCUT2D eigenvalue weighted by Crippen LogP contribution is 2.30. The normalized spacial score (nSPS) is 10.8. The van der Waals surface area contributed by atoms with E-state index in [9.17, 15) is 4.79 Å². The molecule has 0 aromatic carbocycles. The summed E-state index contributed by atoms with van der Waals surface area (Å²) in [4.78, 5) is 16.7. The first kappa shape index (κ1) is 11.0. The van der Waals surface area contributed by atoms with Crippen molar-refractivity contribution in [2.24, 2.45) is 5.84 Å². The van der Waals surface area contributed by atoms with Gasteiger partial charge in [0.05, 0.1) is 15.1 Å². The molecule has 0 aliphatic heterocycles. The molecular formula is C11H13N3OS. The van der Waals surface area contributed by atoms with Crippen molar-refractivity contribution in [3.63, 3.8) is 0 Å². The van der Waals surface area contributed by atoms with Crippen LogP contribution in [-0.2, 0) is 0 Å². The molecule has 3 N–H and O–H groups in total. The smallest absolute Gasteiger partial charge is 0.275 e. The number of thiophene rings is 1. The lowest BCUT2D eigenvalue weighted by molar-refractivity contribution is 0.0957. The Bertz CT molecular complexity index is 574. The molecule has 0 bridgehead atoms. The maximum absolute atomic E-state index is 11.5. The molecule has 2 heterocycles. The number of pyridine rings is 1. The molecule has 0 radical (unpaired) electrons. The molecule has 0 saturated heterocycles. The summed E-state index contributed by atoms with van der Waals surface area (Å²) in [5, 5.41) is 0. The van der Waals surface area contributed by atoms with Crippen LogP contribution in [0.4, 0.5) is 0 Å². The van der Waals surface area contributed by atoms with Crippen LogP contribution >= 0.6 is 11.3 Å². The van der Waals surface area contributed by atoms with Gasteiger partial charge >= 0.3 is 0 Å². The zero-order chi connectivity index (χ0) is 11.9. The Morgan fingerprint density at radius 2 is 2.12 bits per heavy atom. The van der Waals surface area contributed by atoms with Crippen molar-refractivity contribution in [2.75, 3.05) is 0 Å². The second-order valence-corrected chi connectivity index (χ2v) is 4.82. The van der Waals surface area contributed by atoms with Crippen LogP contribution in [0.2, 0.25) is 0 Å². The predicted octanol–water partition coefficient (Wildman–Crippen LogP) is 1.83. The molecule has 2 rings (SSSR count). The maximum atomic E-state index is 11.5. The van der Waals surface area contributed by atoms with Crippen LogP contribution in [0.5, 0.6) is 0 Å². The topological polar surface area (TPSA) is 68.0 Å². The summed E-state index contributed by atoms with van der Waals surface area (Å²) >= 11 is 1.42. The monoisotopic (exact) mass is 235 g/mol. The molecule has 2 aromatic rings. The van der Waals surface area contributed by atoms with Gasteiger partial charge in [-0.1, -0.05) is 0 Å². The summed E-state index contributed by atoms with van der Waals surface area (Å²) in [6.45, 7) is 5.87. The van der Waals surface area contributed by atoms with Gasteiger partial charge < -0.3 is 0 Å². The van der Waals surface area contributed by atoms with E-state index in [2.05, 4.69) is 16.5 Å². The van der Waals surface area contributed by atoms with Gasteiger partial charge in [-0.2, -0.15) is 0 Å². The van der Waals surface area contributed by atoms with Gasteiger partial charge in [0.2, 0.25) is 0 Å². The van der Waals surface area contributed by atoms with Gasteiger partial charge in [-0.05, 0) is 38.0 Å². The minimum absolute atomic E-state index is 0.254. The quantitative estimate of drug-likeness (QED) is 0.450. The Labute approximate surface area is 97.5 Å². The average molecular weight is 235 g/mol. The van der Waals surface area contributed by atoms with Crippen LogP contribution in [0, 0.1) is 20.8 Å². The summed E-state index contributed by atoms with van der Waals surface area (Å²) in [7, 11) is 0. The van der Waals surface area contributed by atoms with Crippen molar-refractivity contribution in [1.29, 1.82) is 0 Å². The van der Waals surface area contributed by atoms with Crippen molar-refractivity contribution in [1.82, 2.24) is 10.4 Å². The van der Waals surface area contributed by atoms with Crippen molar-refractivity contribution in [2.45, 2.75) is 20.8 Å². The van der Waals surface area contributed by atoms with E-state index < -0.39 is 0 Å². The lowest BCUT2D eigenvalue weighted by Crippen LogP contribution is -2.29. The van der Waals surface area contributed by atoms with E-state index >= 15 is 0 Å². The molecule has 16 heavy (non-hydrogen) atoms. The second kappa shape index (κ2) is 3.84. The van der Waals surface area contributed by atoms with E-state index in [1.807, 2.05) is 20.8 Å². The number of carbonyl (C=O) groups is 1. The van der Waals surface area contributed by atoms with Crippen LogP contribution in [0.1, 0.15) is 26.5 Å². The Morgan fingerprint density at radius 3 is 2.75 bits per heavy atom. The van der Waals surface area contributed by atoms with Crippen LogP contribution < -0.4 is 11.3 Å². The lowest BCUT2D eigenvalue weighted by Gasteiger charge is -1.99. The number of carbonyl (C=O) groups excluding carboxylic acids is 1. The van der Waals surface area contributed by atoms with E-state index in [1.54, 1.807) is 0 Å². The summed E-state index contributed by atoms with van der Waals surface area (Å²) < 4.78 is 1.03. The number of fused-ring (bicyclic) bond motifs is 1. The molecular weight excluding hydrogens is 222 g/mol. The fourth-order valence-electron chi connectivity index (χ4n) is 1.60. The molecule has 0 aliphatic rings. The minimum Gasteiger partial charge on any atom is -0.289 e. The minimum atomic E-state index is -0.254. The van der Waals surface area contributed by atoms with Crippen molar-refractivity contribution >= 4 is 27.5 Å². The Morgan fingerprint density at radius 1 is 1.44 bits per heavy atom. The molecule has 5 heteroatoms. The van der Waals surface area contributed by atoms with Gasteiger partial charge in [-0.15, -0.1) is 11.3 Å². The fraction of sp³-hybridized carbons (Fsp3) is 0.273. The van der Waals surface area contributed by atoms with Gasteiger partial charge in [0, 0.05) is 5.69 Å². The number of nitrogens with zero attached hydrogens (tertiary/aromatic N) is 1. The highest BCUT2D eigenvalue weighted by molar-refractivity contribution is 7.21. The molecule has 1 amide bonds. The van der Waals surface area contributed by atoms with Gasteiger partial charge in [0.25, 0.3) is 5.91 Å². The van der Waals surface area contributed by atoms with Crippen molar-refractivity contribution < 1.29 is 4.79 Å². The van der Waals surface area contributed by atoms with Gasteiger partial charge in [-0.3, -0.25) is 15.2 Å². The van der Waals surface area contributed by atoms with Gasteiger partial charge in [0.1, 0.15) is 0 Å². The largest absolute Gasteiger partial charge is 0.289 e. The Hall–Kier alpha value is -1.46. The Balaban J connectivity index is 2.73. The van der Waals surface area contributed by atoms with Crippen LogP contribution in [0.25, 0.3) is 10.2 Å². The number of nitrogens with one attached hydrogen (secondary N) is 1. The molecule has 4 nitrogen and oxygen atoms in total. The van der Waals surface area contributed by atoms with Gasteiger partial charge in [0.15, 0.2) is 0 Å². The van der Waals surface area contributed by atoms with E-state index in [4.69, 9.17) is 5.84 Å². The summed E-state index contributed by atoms with van der Waals surface area (Å²) in [5.74, 6) is 4.89. The molecule has 0 unspecified atom stereocenters. The van der Waals surface area contributed by atoms with Crippen molar-refractivity contribution in [3.05, 3.63) is 27.8 Å². The number of hydrogen-bond donors (Lipinski definition) is 2. The van der Waals surface area contributed by atoms with Crippen LogP contribution in [-0.4, -0.2) is 10.9 Å². The number of aryl methyl sites for hydroxylation is 3. The second-order valence-electron chi connectivity index (χ2n) is 3.77. The molecule has 0 fully saturated rings. The highest BCUT2D eigenvalue weighted by atomic mass is 32.1. The number of aromatic nitrogens is 1. The van der Waals surface area contributed by atoms with Gasteiger partial charge in [-0.25, -0.2) is 5.84 Å². The number of amides is 1. The number of nitrogen functional groups attached to an aromatic ring is 1. The van der Waals surface area contributed by atoms with E-state index in [-0.39, 0.29) is 5.91 Å². The average Bonchev–Trinajstić information content (AvgIpc) is 2.56. The van der Waals surface area contributed by atoms with E-state index in [1.165, 1.54) is 11.3 Å². The Kier molecular flexibility index (Phi) is 2.65. The molecule has 0 spiro atoms. The summed E-state index contributed by atoms with van der Waals surface area (Å²) in [6.07, 6.45) is 0. The number of nitrogens with two attached hydrogens (primary N) is 1. The summed E-state index contributed by atoms with van der Waals surface area (Å²) in [5.41, 5.74) is 6.07. The van der Waals surface area contributed by atoms with Crippen LogP contribution in [0.15, 0.2) is 6.07 Å². The first-order chi connectivity index (χ1) is 7.54. The maximum Gasteiger partial charge on any atom is 0.275 e. The number of rotatable bonds is 1. The molecule has 0 aliphatic carbocycles. The first-order valence-corrected chi connectivity index (χ1v) is 5.74. The molecule has 2 aromatic heterocycles.